The molecule has 17 heavy (non-hydrogen) atoms. The summed E-state index contributed by atoms with van der Waals surface area (Å²) in [5.41, 5.74) is 1.14. The summed E-state index contributed by atoms with van der Waals surface area (Å²) in [4.78, 5) is 17.1. The molecule has 3 heteroatoms. The van der Waals surface area contributed by atoms with Crippen LogP contribution in [-0.2, 0) is 4.79 Å². The molecule has 0 radical (unpaired) electrons. The number of carbonyl (C=O) groups is 1. The maximum absolute atomic E-state index is 11.3. The summed E-state index contributed by atoms with van der Waals surface area (Å²) >= 11 is 0. The monoisotopic (exact) mass is 233 g/mol. The molecular weight excluding hydrogens is 214 g/mol. The van der Waals surface area contributed by atoms with Crippen molar-refractivity contribution in [3.05, 3.63) is 29.8 Å². The van der Waals surface area contributed by atoms with E-state index in [1.807, 2.05) is 36.3 Å². The molecule has 0 saturated carbocycles. The van der Waals surface area contributed by atoms with E-state index in [-0.39, 0.29) is 5.92 Å². The average Bonchev–Trinajstić information content (AvgIpc) is 2.33. The summed E-state index contributed by atoms with van der Waals surface area (Å²) in [6, 6.07) is 8.00. The molecule has 2 rings (SSSR count). The van der Waals surface area contributed by atoms with E-state index in [4.69, 9.17) is 4.84 Å². The summed E-state index contributed by atoms with van der Waals surface area (Å²) in [6.07, 6.45) is 1.81. The van der Waals surface area contributed by atoms with E-state index in [0.29, 0.717) is 5.78 Å². The Bertz CT molecular complexity index is 395. The molecule has 0 aromatic heterocycles. The third kappa shape index (κ3) is 3.07. The van der Waals surface area contributed by atoms with Gasteiger partial charge in [-0.05, 0) is 38.3 Å². The van der Waals surface area contributed by atoms with Crippen molar-refractivity contribution in [2.24, 2.45) is 5.92 Å². The van der Waals surface area contributed by atoms with Gasteiger partial charge in [0.2, 0.25) is 0 Å². The second kappa shape index (κ2) is 5.32. The molecule has 0 unspecified atom stereocenters. The lowest BCUT2D eigenvalue weighted by Gasteiger charge is -2.30. The van der Waals surface area contributed by atoms with Crippen LogP contribution >= 0.6 is 0 Å². The van der Waals surface area contributed by atoms with Crippen molar-refractivity contribution in [3.63, 3.8) is 0 Å². The third-order valence-corrected chi connectivity index (χ3v) is 3.35. The standard InChI is InChI=1S/C14H19NO2/c1-11-5-3-4-6-14(11)17-15-9-7-13(8-10-15)12(2)16/h3-6,13H,7-10H2,1-2H3. The van der Waals surface area contributed by atoms with Crippen molar-refractivity contribution in [2.75, 3.05) is 13.1 Å². The molecule has 0 bridgehead atoms. The zero-order valence-corrected chi connectivity index (χ0v) is 10.5. The molecule has 1 fully saturated rings. The first kappa shape index (κ1) is 12.1. The van der Waals surface area contributed by atoms with Gasteiger partial charge in [-0.3, -0.25) is 4.79 Å². The minimum Gasteiger partial charge on any atom is -0.406 e. The number of benzene rings is 1. The fourth-order valence-electron chi connectivity index (χ4n) is 2.15. The molecule has 0 amide bonds. The van der Waals surface area contributed by atoms with Crippen LogP contribution in [0.15, 0.2) is 24.3 Å². The minimum absolute atomic E-state index is 0.228. The molecule has 92 valence electrons. The predicted molar refractivity (Wildman–Crippen MR) is 66.8 cm³/mol. The van der Waals surface area contributed by atoms with Crippen LogP contribution in [0.1, 0.15) is 25.3 Å². The van der Waals surface area contributed by atoms with Crippen LogP contribution in [0, 0.1) is 12.8 Å². The molecule has 0 atom stereocenters. The molecule has 1 aromatic rings. The number of carbonyl (C=O) groups excluding carboxylic acids is 1. The van der Waals surface area contributed by atoms with Crippen LogP contribution in [0.25, 0.3) is 0 Å². The number of piperidine rings is 1. The molecule has 0 aliphatic carbocycles. The number of rotatable bonds is 3. The average molecular weight is 233 g/mol. The fourth-order valence-corrected chi connectivity index (χ4v) is 2.15. The van der Waals surface area contributed by atoms with Crippen LogP contribution in [0.4, 0.5) is 0 Å². The number of hydroxylamine groups is 2. The Labute approximate surface area is 102 Å². The first-order chi connectivity index (χ1) is 8.16. The molecule has 3 nitrogen and oxygen atoms in total. The lowest BCUT2D eigenvalue weighted by atomic mass is 9.94. The molecule has 1 aliphatic rings. The summed E-state index contributed by atoms with van der Waals surface area (Å²) in [5.74, 6) is 1.45. The van der Waals surface area contributed by atoms with Crippen molar-refractivity contribution in [3.8, 4) is 5.75 Å². The highest BCUT2D eigenvalue weighted by atomic mass is 16.7. The van der Waals surface area contributed by atoms with Gasteiger partial charge < -0.3 is 4.84 Å². The first-order valence-electron chi connectivity index (χ1n) is 6.16. The molecule has 1 heterocycles. The summed E-state index contributed by atoms with van der Waals surface area (Å²) in [6.45, 7) is 5.39. The van der Waals surface area contributed by atoms with Crippen LogP contribution in [0.3, 0.4) is 0 Å². The normalized spacial score (nSPS) is 18.0. The van der Waals surface area contributed by atoms with Crippen molar-refractivity contribution in [1.29, 1.82) is 0 Å². The van der Waals surface area contributed by atoms with Gasteiger partial charge in [-0.25, -0.2) is 0 Å². The van der Waals surface area contributed by atoms with Gasteiger partial charge in [0.1, 0.15) is 11.5 Å². The van der Waals surface area contributed by atoms with E-state index >= 15 is 0 Å². The summed E-state index contributed by atoms with van der Waals surface area (Å²) in [7, 11) is 0. The van der Waals surface area contributed by atoms with E-state index < -0.39 is 0 Å². The largest absolute Gasteiger partial charge is 0.406 e. The Hall–Kier alpha value is -1.35. The van der Waals surface area contributed by atoms with E-state index in [9.17, 15) is 4.79 Å². The molecule has 1 aliphatic heterocycles. The van der Waals surface area contributed by atoms with Crippen molar-refractivity contribution in [2.45, 2.75) is 26.7 Å². The zero-order chi connectivity index (χ0) is 12.3. The highest BCUT2D eigenvalue weighted by Crippen LogP contribution is 2.22. The highest BCUT2D eigenvalue weighted by Gasteiger charge is 2.23. The first-order valence-corrected chi connectivity index (χ1v) is 6.16. The summed E-state index contributed by atoms with van der Waals surface area (Å²) < 4.78 is 0. The van der Waals surface area contributed by atoms with Gasteiger partial charge in [-0.2, -0.15) is 0 Å². The van der Waals surface area contributed by atoms with Crippen molar-refractivity contribution in [1.82, 2.24) is 5.06 Å². The lowest BCUT2D eigenvalue weighted by molar-refractivity contribution is -0.127. The van der Waals surface area contributed by atoms with Gasteiger partial charge in [0.25, 0.3) is 0 Å². The molecule has 1 aromatic carbocycles. The number of aryl methyl sites for hydroxylation is 1. The van der Waals surface area contributed by atoms with Gasteiger partial charge in [-0.15, -0.1) is 5.06 Å². The Balaban J connectivity index is 1.90. The number of ketones is 1. The smallest absolute Gasteiger partial charge is 0.150 e. The third-order valence-electron chi connectivity index (χ3n) is 3.35. The van der Waals surface area contributed by atoms with E-state index in [0.717, 1.165) is 37.2 Å². The van der Waals surface area contributed by atoms with E-state index in [1.54, 1.807) is 6.92 Å². The Kier molecular flexibility index (Phi) is 3.79. The number of hydrogen-bond donors (Lipinski definition) is 0. The number of nitrogens with zero attached hydrogens (tertiary/aromatic N) is 1. The van der Waals surface area contributed by atoms with E-state index in [2.05, 4.69) is 0 Å². The van der Waals surface area contributed by atoms with Gasteiger partial charge in [-0.1, -0.05) is 18.2 Å². The lowest BCUT2D eigenvalue weighted by Crippen LogP contribution is -2.38. The fraction of sp³-hybridized carbons (Fsp3) is 0.500. The van der Waals surface area contributed by atoms with Crippen LogP contribution in [0.2, 0.25) is 0 Å². The Morgan fingerprint density at radius 3 is 2.53 bits per heavy atom. The maximum Gasteiger partial charge on any atom is 0.150 e. The number of Topliss-reactive ketones (excluding diaryl/α,β-unsaturated/α-hetero) is 1. The SMILES string of the molecule is CC(=O)C1CCN(Oc2ccccc2C)CC1. The zero-order valence-electron chi connectivity index (χ0n) is 10.5. The molecular formula is C14H19NO2. The second-order valence-electron chi connectivity index (χ2n) is 4.67. The van der Waals surface area contributed by atoms with Crippen LogP contribution < -0.4 is 4.84 Å². The van der Waals surface area contributed by atoms with Crippen molar-refractivity contribution < 1.29 is 9.63 Å². The molecule has 1 saturated heterocycles. The van der Waals surface area contributed by atoms with Crippen molar-refractivity contribution >= 4 is 5.78 Å². The summed E-state index contributed by atoms with van der Waals surface area (Å²) in [5, 5.41) is 1.96. The van der Waals surface area contributed by atoms with Gasteiger partial charge in [0, 0.05) is 19.0 Å². The van der Waals surface area contributed by atoms with Crippen LogP contribution in [-0.4, -0.2) is 23.9 Å². The van der Waals surface area contributed by atoms with Gasteiger partial charge >= 0.3 is 0 Å². The van der Waals surface area contributed by atoms with E-state index in [1.165, 1.54) is 0 Å². The number of para-hydroxylation sites is 1. The highest BCUT2D eigenvalue weighted by molar-refractivity contribution is 5.78. The number of hydrogen-bond acceptors (Lipinski definition) is 3. The minimum atomic E-state index is 0.228. The molecule has 0 spiro atoms. The predicted octanol–water partition coefficient (Wildman–Crippen LogP) is 2.59. The van der Waals surface area contributed by atoms with Gasteiger partial charge in [0.05, 0.1) is 0 Å². The topological polar surface area (TPSA) is 29.5 Å². The quantitative estimate of drug-likeness (QED) is 0.803. The van der Waals surface area contributed by atoms with Crippen LogP contribution in [0.5, 0.6) is 5.75 Å². The Morgan fingerprint density at radius 2 is 1.94 bits per heavy atom. The Morgan fingerprint density at radius 1 is 1.29 bits per heavy atom. The second-order valence-corrected chi connectivity index (χ2v) is 4.67. The van der Waals surface area contributed by atoms with Gasteiger partial charge in [0.15, 0.2) is 0 Å². The molecule has 0 N–H and O–H groups in total. The maximum atomic E-state index is 11.3.